The van der Waals surface area contributed by atoms with Gasteiger partial charge in [0.05, 0.1) is 0 Å². The largest absolute Gasteiger partial charge is 0.330 e. The third-order valence-corrected chi connectivity index (χ3v) is 4.12. The van der Waals surface area contributed by atoms with E-state index in [1.165, 1.54) is 16.7 Å². The molecule has 2 aromatic carbocycles. The quantitative estimate of drug-likeness (QED) is 0.873. The van der Waals surface area contributed by atoms with Crippen LogP contribution in [0, 0.1) is 0 Å². The molecule has 0 aliphatic rings. The Morgan fingerprint density at radius 1 is 1.10 bits per heavy atom. The van der Waals surface area contributed by atoms with Gasteiger partial charge in [-0.25, -0.2) is 0 Å². The monoisotopic (exact) mass is 302 g/mol. The highest BCUT2D eigenvalue weighted by Gasteiger charge is 2.12. The van der Waals surface area contributed by atoms with Gasteiger partial charge < -0.3 is 5.73 Å². The number of hydrogen-bond acceptors (Lipinski definition) is 2. The molecule has 0 bridgehead atoms. The molecule has 2 aromatic rings. The van der Waals surface area contributed by atoms with Crippen LogP contribution in [0.4, 0.5) is 0 Å². The second-order valence-electron chi connectivity index (χ2n) is 5.50. The molecule has 2 N–H and O–H groups in total. The number of halogens is 1. The van der Waals surface area contributed by atoms with Gasteiger partial charge in [-0.3, -0.25) is 4.90 Å². The van der Waals surface area contributed by atoms with Crippen LogP contribution in [0.1, 0.15) is 29.7 Å². The fourth-order valence-corrected chi connectivity index (χ4v) is 2.62. The van der Waals surface area contributed by atoms with Gasteiger partial charge in [-0.05, 0) is 55.8 Å². The Morgan fingerprint density at radius 2 is 1.76 bits per heavy atom. The van der Waals surface area contributed by atoms with Crippen LogP contribution >= 0.6 is 11.6 Å². The Hall–Kier alpha value is -1.35. The topological polar surface area (TPSA) is 29.3 Å². The Labute approximate surface area is 132 Å². The van der Waals surface area contributed by atoms with Crippen LogP contribution in [0.15, 0.2) is 48.5 Å². The molecule has 1 unspecified atom stereocenters. The van der Waals surface area contributed by atoms with Crippen molar-refractivity contribution in [3.8, 4) is 0 Å². The average Bonchev–Trinajstić information content (AvgIpc) is 2.48. The van der Waals surface area contributed by atoms with Crippen LogP contribution in [0.2, 0.25) is 5.02 Å². The molecule has 0 saturated heterocycles. The first kappa shape index (κ1) is 16.0. The van der Waals surface area contributed by atoms with Gasteiger partial charge in [-0.15, -0.1) is 0 Å². The lowest BCUT2D eigenvalue weighted by molar-refractivity contribution is 0.253. The molecule has 112 valence electrons. The maximum absolute atomic E-state index is 6.07. The van der Waals surface area contributed by atoms with Crippen LogP contribution < -0.4 is 5.73 Å². The van der Waals surface area contributed by atoms with E-state index in [0.29, 0.717) is 12.6 Å². The van der Waals surface area contributed by atoms with Crippen molar-refractivity contribution in [2.24, 2.45) is 5.73 Å². The maximum Gasteiger partial charge on any atom is 0.0409 e. The molecular weight excluding hydrogens is 280 g/mol. The summed E-state index contributed by atoms with van der Waals surface area (Å²) in [7, 11) is 2.14. The third-order valence-electron chi connectivity index (χ3n) is 3.88. The Bertz CT molecular complexity index is 566. The first-order valence-electron chi connectivity index (χ1n) is 7.33. The summed E-state index contributed by atoms with van der Waals surface area (Å²) in [6.07, 6.45) is 0.940. The SMILES string of the molecule is CC(c1cccc(Cl)c1)N(C)Cc1ccc(CCN)cc1. The van der Waals surface area contributed by atoms with Gasteiger partial charge in [0.2, 0.25) is 0 Å². The third kappa shape index (κ3) is 4.57. The van der Waals surface area contributed by atoms with Gasteiger partial charge in [0.25, 0.3) is 0 Å². The number of benzene rings is 2. The van der Waals surface area contributed by atoms with Crippen molar-refractivity contribution >= 4 is 11.6 Å². The van der Waals surface area contributed by atoms with Gasteiger partial charge in [0.15, 0.2) is 0 Å². The zero-order valence-corrected chi connectivity index (χ0v) is 13.5. The highest BCUT2D eigenvalue weighted by molar-refractivity contribution is 6.30. The smallest absolute Gasteiger partial charge is 0.0409 e. The minimum absolute atomic E-state index is 0.326. The predicted molar refractivity (Wildman–Crippen MR) is 90.5 cm³/mol. The first-order valence-corrected chi connectivity index (χ1v) is 7.71. The van der Waals surface area contributed by atoms with Crippen molar-refractivity contribution in [2.45, 2.75) is 25.9 Å². The molecule has 1 atom stereocenters. The molecule has 2 nitrogen and oxygen atoms in total. The van der Waals surface area contributed by atoms with Crippen LogP contribution in [0.5, 0.6) is 0 Å². The number of rotatable bonds is 6. The lowest BCUT2D eigenvalue weighted by Crippen LogP contribution is -2.21. The molecular formula is C18H23ClN2. The van der Waals surface area contributed by atoms with Crippen molar-refractivity contribution < 1.29 is 0 Å². The minimum atomic E-state index is 0.326. The van der Waals surface area contributed by atoms with E-state index in [1.54, 1.807) is 0 Å². The van der Waals surface area contributed by atoms with Crippen LogP contribution in [0.3, 0.4) is 0 Å². The average molecular weight is 303 g/mol. The summed E-state index contributed by atoms with van der Waals surface area (Å²) in [5.74, 6) is 0. The Balaban J connectivity index is 2.01. The normalized spacial score (nSPS) is 12.6. The highest BCUT2D eigenvalue weighted by Crippen LogP contribution is 2.23. The van der Waals surface area contributed by atoms with E-state index in [9.17, 15) is 0 Å². The molecule has 0 heterocycles. The summed E-state index contributed by atoms with van der Waals surface area (Å²) in [5, 5.41) is 0.791. The fourth-order valence-electron chi connectivity index (χ4n) is 2.42. The van der Waals surface area contributed by atoms with Gasteiger partial charge in [-0.1, -0.05) is 48.0 Å². The molecule has 0 aliphatic carbocycles. The van der Waals surface area contributed by atoms with Crippen molar-refractivity contribution in [3.05, 3.63) is 70.2 Å². The molecule has 0 aliphatic heterocycles. The number of nitrogens with zero attached hydrogens (tertiary/aromatic N) is 1. The summed E-state index contributed by atoms with van der Waals surface area (Å²) in [5.41, 5.74) is 9.43. The highest BCUT2D eigenvalue weighted by atomic mass is 35.5. The summed E-state index contributed by atoms with van der Waals surface area (Å²) in [6.45, 7) is 3.82. The van der Waals surface area contributed by atoms with Gasteiger partial charge >= 0.3 is 0 Å². The summed E-state index contributed by atoms with van der Waals surface area (Å²) in [4.78, 5) is 2.32. The lowest BCUT2D eigenvalue weighted by atomic mass is 10.1. The molecule has 0 spiro atoms. The molecule has 0 fully saturated rings. The van der Waals surface area contributed by atoms with Crippen molar-refractivity contribution in [1.29, 1.82) is 0 Å². The van der Waals surface area contributed by atoms with Gasteiger partial charge in [0.1, 0.15) is 0 Å². The summed E-state index contributed by atoms with van der Waals surface area (Å²) < 4.78 is 0. The van der Waals surface area contributed by atoms with E-state index in [4.69, 9.17) is 17.3 Å². The van der Waals surface area contributed by atoms with Crippen molar-refractivity contribution in [2.75, 3.05) is 13.6 Å². The van der Waals surface area contributed by atoms with Crippen LogP contribution in [-0.4, -0.2) is 18.5 Å². The predicted octanol–water partition coefficient (Wildman–Crippen LogP) is 4.03. The molecule has 0 saturated carbocycles. The fraction of sp³-hybridized carbons (Fsp3) is 0.333. The Kier molecular flexibility index (Phi) is 5.80. The molecule has 0 amide bonds. The maximum atomic E-state index is 6.07. The molecule has 0 radical (unpaired) electrons. The van der Waals surface area contributed by atoms with E-state index in [1.807, 2.05) is 18.2 Å². The standard InChI is InChI=1S/C18H23ClN2/c1-14(17-4-3-5-18(19)12-17)21(2)13-16-8-6-15(7-9-16)10-11-20/h3-9,12,14H,10-11,13,20H2,1-2H3. The number of nitrogens with two attached hydrogens (primary N) is 1. The molecule has 0 aromatic heterocycles. The van der Waals surface area contributed by atoms with Gasteiger partial charge in [0, 0.05) is 17.6 Å². The van der Waals surface area contributed by atoms with E-state index in [-0.39, 0.29) is 0 Å². The molecule has 21 heavy (non-hydrogen) atoms. The lowest BCUT2D eigenvalue weighted by Gasteiger charge is -2.25. The Morgan fingerprint density at radius 3 is 2.38 bits per heavy atom. The number of hydrogen-bond donors (Lipinski definition) is 1. The van der Waals surface area contributed by atoms with E-state index >= 15 is 0 Å². The second-order valence-corrected chi connectivity index (χ2v) is 5.94. The minimum Gasteiger partial charge on any atom is -0.330 e. The van der Waals surface area contributed by atoms with E-state index < -0.39 is 0 Å². The summed E-state index contributed by atoms with van der Waals surface area (Å²) >= 11 is 6.07. The van der Waals surface area contributed by atoms with Crippen LogP contribution in [0.25, 0.3) is 0 Å². The van der Waals surface area contributed by atoms with Crippen LogP contribution in [-0.2, 0) is 13.0 Å². The first-order chi connectivity index (χ1) is 10.1. The summed E-state index contributed by atoms with van der Waals surface area (Å²) in [6, 6.07) is 17.1. The van der Waals surface area contributed by atoms with Gasteiger partial charge in [-0.2, -0.15) is 0 Å². The zero-order chi connectivity index (χ0) is 15.2. The zero-order valence-electron chi connectivity index (χ0n) is 12.7. The van der Waals surface area contributed by atoms with E-state index in [0.717, 1.165) is 18.0 Å². The second kappa shape index (κ2) is 7.60. The van der Waals surface area contributed by atoms with Crippen molar-refractivity contribution in [3.63, 3.8) is 0 Å². The molecule has 2 rings (SSSR count). The van der Waals surface area contributed by atoms with Crippen molar-refractivity contribution in [1.82, 2.24) is 4.90 Å². The van der Waals surface area contributed by atoms with E-state index in [2.05, 4.69) is 49.2 Å². The molecule has 3 heteroatoms.